The van der Waals surface area contributed by atoms with Crippen molar-refractivity contribution in [3.63, 3.8) is 0 Å². The standard InChI is InChI=1S/C22H26NO4P/c1-16(20-11-7-9-17-8-5-6-10-21(17)20)23-22(28(24,26-3)27-4)18-12-14-19(25-2)15-13-18/h5-16,22-23H,1-4H3/t16-,22+/m0/s1. The average molecular weight is 399 g/mol. The van der Waals surface area contributed by atoms with E-state index in [1.54, 1.807) is 7.11 Å². The predicted molar refractivity (Wildman–Crippen MR) is 113 cm³/mol. The zero-order valence-corrected chi connectivity index (χ0v) is 17.5. The summed E-state index contributed by atoms with van der Waals surface area (Å²) in [7, 11) is 1.01. The second kappa shape index (κ2) is 8.89. The van der Waals surface area contributed by atoms with E-state index in [0.29, 0.717) is 0 Å². The van der Waals surface area contributed by atoms with E-state index in [1.807, 2.05) is 49.4 Å². The van der Waals surface area contributed by atoms with Gasteiger partial charge in [-0.2, -0.15) is 0 Å². The van der Waals surface area contributed by atoms with Gasteiger partial charge in [-0.3, -0.25) is 9.88 Å². The van der Waals surface area contributed by atoms with Gasteiger partial charge >= 0.3 is 7.60 Å². The molecule has 0 aliphatic heterocycles. The Labute approximate surface area is 166 Å². The molecule has 0 radical (unpaired) electrons. The van der Waals surface area contributed by atoms with Gasteiger partial charge in [-0.1, -0.05) is 54.6 Å². The van der Waals surface area contributed by atoms with E-state index in [9.17, 15) is 4.57 Å². The molecule has 0 amide bonds. The SMILES string of the molecule is COc1ccc([C@H](N[C@@H](C)c2cccc3ccccc23)P(=O)(OC)OC)cc1. The number of fused-ring (bicyclic) bond motifs is 1. The minimum absolute atomic E-state index is 0.0863. The molecule has 3 rings (SSSR count). The summed E-state index contributed by atoms with van der Waals surface area (Å²) >= 11 is 0. The van der Waals surface area contributed by atoms with Crippen molar-refractivity contribution in [3.8, 4) is 5.75 Å². The van der Waals surface area contributed by atoms with Crippen LogP contribution in [0, 0.1) is 0 Å². The van der Waals surface area contributed by atoms with Crippen LogP contribution in [0.2, 0.25) is 0 Å². The molecular formula is C22H26NO4P. The van der Waals surface area contributed by atoms with Gasteiger partial charge in [-0.25, -0.2) is 0 Å². The third-order valence-electron chi connectivity index (χ3n) is 4.95. The molecular weight excluding hydrogens is 373 g/mol. The number of rotatable bonds is 8. The lowest BCUT2D eigenvalue weighted by molar-refractivity contribution is 0.256. The first kappa shape index (κ1) is 20.6. The smallest absolute Gasteiger partial charge is 0.351 e. The monoisotopic (exact) mass is 399 g/mol. The van der Waals surface area contributed by atoms with E-state index in [2.05, 4.69) is 29.6 Å². The Bertz CT molecular complexity index is 960. The molecule has 0 aliphatic rings. The maximum atomic E-state index is 13.3. The van der Waals surface area contributed by atoms with Crippen LogP contribution in [0.15, 0.2) is 66.7 Å². The van der Waals surface area contributed by atoms with Crippen LogP contribution in [-0.4, -0.2) is 21.3 Å². The largest absolute Gasteiger partial charge is 0.497 e. The minimum atomic E-state index is -3.42. The van der Waals surface area contributed by atoms with Crippen LogP contribution in [-0.2, 0) is 13.6 Å². The van der Waals surface area contributed by atoms with Gasteiger partial charge < -0.3 is 13.8 Å². The zero-order chi connectivity index (χ0) is 20.1. The molecule has 1 N–H and O–H groups in total. The van der Waals surface area contributed by atoms with Crippen molar-refractivity contribution in [1.82, 2.24) is 5.32 Å². The molecule has 0 heterocycles. The lowest BCUT2D eigenvalue weighted by Crippen LogP contribution is -2.26. The van der Waals surface area contributed by atoms with E-state index < -0.39 is 13.4 Å². The summed E-state index contributed by atoms with van der Waals surface area (Å²) in [5.74, 6) is 0.108. The third kappa shape index (κ3) is 4.13. The second-order valence-electron chi connectivity index (χ2n) is 6.54. The number of hydrogen-bond donors (Lipinski definition) is 1. The Morgan fingerprint density at radius 1 is 0.857 bits per heavy atom. The fraction of sp³-hybridized carbons (Fsp3) is 0.273. The molecule has 0 fully saturated rings. The molecule has 3 aromatic carbocycles. The molecule has 5 nitrogen and oxygen atoms in total. The van der Waals surface area contributed by atoms with E-state index in [4.69, 9.17) is 13.8 Å². The van der Waals surface area contributed by atoms with Crippen molar-refractivity contribution in [2.45, 2.75) is 18.7 Å². The number of ether oxygens (including phenoxy) is 1. The lowest BCUT2D eigenvalue weighted by Gasteiger charge is -2.29. The summed E-state index contributed by atoms with van der Waals surface area (Å²) in [6.45, 7) is 2.05. The van der Waals surface area contributed by atoms with Crippen LogP contribution in [0.4, 0.5) is 0 Å². The Hall–Kier alpha value is -2.17. The van der Waals surface area contributed by atoms with E-state index in [1.165, 1.54) is 14.2 Å². The highest BCUT2D eigenvalue weighted by Crippen LogP contribution is 2.59. The molecule has 2 atom stereocenters. The van der Waals surface area contributed by atoms with Crippen LogP contribution < -0.4 is 10.1 Å². The van der Waals surface area contributed by atoms with Crippen molar-refractivity contribution >= 4 is 18.4 Å². The first-order chi connectivity index (χ1) is 13.5. The fourth-order valence-electron chi connectivity index (χ4n) is 3.40. The van der Waals surface area contributed by atoms with Gasteiger partial charge in [-0.05, 0) is 41.0 Å². The van der Waals surface area contributed by atoms with Gasteiger partial charge in [0.25, 0.3) is 0 Å². The molecule has 0 unspecified atom stereocenters. The Morgan fingerprint density at radius 3 is 2.14 bits per heavy atom. The van der Waals surface area contributed by atoms with Crippen LogP contribution in [0.3, 0.4) is 0 Å². The van der Waals surface area contributed by atoms with Crippen LogP contribution in [0.25, 0.3) is 10.8 Å². The van der Waals surface area contributed by atoms with Gasteiger partial charge in [0.15, 0.2) is 0 Å². The van der Waals surface area contributed by atoms with E-state index in [0.717, 1.165) is 27.6 Å². The molecule has 3 aromatic rings. The molecule has 0 bridgehead atoms. The molecule has 6 heteroatoms. The summed E-state index contributed by atoms with van der Waals surface area (Å²) in [6, 6.07) is 21.7. The van der Waals surface area contributed by atoms with Gasteiger partial charge in [-0.15, -0.1) is 0 Å². The molecule has 0 aliphatic carbocycles. The third-order valence-corrected chi connectivity index (χ3v) is 7.05. The molecule has 0 saturated heterocycles. The van der Waals surface area contributed by atoms with Gasteiger partial charge in [0, 0.05) is 20.3 Å². The average Bonchev–Trinajstić information content (AvgIpc) is 2.76. The van der Waals surface area contributed by atoms with Crippen molar-refractivity contribution in [3.05, 3.63) is 77.9 Å². The minimum Gasteiger partial charge on any atom is -0.497 e. The van der Waals surface area contributed by atoms with Crippen molar-refractivity contribution in [2.75, 3.05) is 21.3 Å². The highest BCUT2D eigenvalue weighted by Gasteiger charge is 2.36. The topological polar surface area (TPSA) is 56.8 Å². The molecule has 0 aromatic heterocycles. The highest BCUT2D eigenvalue weighted by molar-refractivity contribution is 7.54. The number of benzene rings is 3. The summed E-state index contributed by atoms with van der Waals surface area (Å²) in [5.41, 5.74) is 1.93. The Morgan fingerprint density at radius 2 is 1.50 bits per heavy atom. The van der Waals surface area contributed by atoms with Crippen LogP contribution in [0.1, 0.15) is 29.9 Å². The summed E-state index contributed by atoms with van der Waals surface area (Å²) < 4.78 is 29.2. The lowest BCUT2D eigenvalue weighted by atomic mass is 9.99. The Kier molecular flexibility index (Phi) is 6.53. The van der Waals surface area contributed by atoms with E-state index >= 15 is 0 Å². The Balaban J connectivity index is 1.99. The van der Waals surface area contributed by atoms with Gasteiger partial charge in [0.1, 0.15) is 11.5 Å². The van der Waals surface area contributed by atoms with Gasteiger partial charge in [0.05, 0.1) is 7.11 Å². The molecule has 28 heavy (non-hydrogen) atoms. The maximum Gasteiger partial charge on any atom is 0.351 e. The number of hydrogen-bond acceptors (Lipinski definition) is 5. The molecule has 0 saturated carbocycles. The summed E-state index contributed by atoms with van der Waals surface area (Å²) in [6.07, 6.45) is 0. The number of nitrogens with one attached hydrogen (secondary N) is 1. The highest BCUT2D eigenvalue weighted by atomic mass is 31.2. The summed E-state index contributed by atoms with van der Waals surface area (Å²) in [4.78, 5) is 0. The predicted octanol–water partition coefficient (Wildman–Crippen LogP) is 5.68. The first-order valence-electron chi connectivity index (χ1n) is 9.11. The zero-order valence-electron chi connectivity index (χ0n) is 16.6. The fourth-order valence-corrected chi connectivity index (χ4v) is 4.91. The van der Waals surface area contributed by atoms with E-state index in [-0.39, 0.29) is 6.04 Å². The van der Waals surface area contributed by atoms with Crippen LogP contribution >= 0.6 is 7.60 Å². The van der Waals surface area contributed by atoms with Crippen molar-refractivity contribution in [1.29, 1.82) is 0 Å². The molecule has 0 spiro atoms. The van der Waals surface area contributed by atoms with Crippen molar-refractivity contribution in [2.24, 2.45) is 0 Å². The number of methoxy groups -OCH3 is 1. The van der Waals surface area contributed by atoms with Crippen molar-refractivity contribution < 1.29 is 18.3 Å². The van der Waals surface area contributed by atoms with Gasteiger partial charge in [0.2, 0.25) is 0 Å². The first-order valence-corrected chi connectivity index (χ1v) is 10.7. The second-order valence-corrected chi connectivity index (χ2v) is 8.86. The maximum absolute atomic E-state index is 13.3. The summed E-state index contributed by atoms with van der Waals surface area (Å²) in [5, 5.41) is 5.79. The normalized spacial score (nSPS) is 14.0. The quantitative estimate of drug-likeness (QED) is 0.494. The molecule has 148 valence electrons. The van der Waals surface area contributed by atoms with Crippen LogP contribution in [0.5, 0.6) is 5.75 Å².